The summed E-state index contributed by atoms with van der Waals surface area (Å²) in [5, 5.41) is 12.3. The van der Waals surface area contributed by atoms with Crippen molar-refractivity contribution in [2.24, 2.45) is 0 Å². The first-order valence-corrected chi connectivity index (χ1v) is 8.26. The second-order valence-electron chi connectivity index (χ2n) is 6.40. The molecule has 1 N–H and O–H groups in total. The summed E-state index contributed by atoms with van der Waals surface area (Å²) in [5.74, 6) is 0. The van der Waals surface area contributed by atoms with Gasteiger partial charge in [-0.05, 0) is 24.3 Å². The van der Waals surface area contributed by atoms with Gasteiger partial charge in [-0.1, -0.05) is 37.1 Å². The van der Waals surface area contributed by atoms with Gasteiger partial charge >= 0.3 is 0 Å². The van der Waals surface area contributed by atoms with Crippen LogP contribution >= 0.6 is 0 Å². The van der Waals surface area contributed by atoms with E-state index in [2.05, 4.69) is 4.98 Å². The molecule has 122 valence electrons. The van der Waals surface area contributed by atoms with Gasteiger partial charge in [-0.25, -0.2) is 4.98 Å². The molecule has 5 heteroatoms. The van der Waals surface area contributed by atoms with Gasteiger partial charge in [0, 0.05) is 10.9 Å². The van der Waals surface area contributed by atoms with Crippen molar-refractivity contribution >= 4 is 28.0 Å². The van der Waals surface area contributed by atoms with Gasteiger partial charge in [-0.3, -0.25) is 14.2 Å². The number of carbonyl (C=O) groups excluding carboxylic acids is 1. The molecule has 2 aromatic carbocycles. The lowest BCUT2D eigenvalue weighted by Gasteiger charge is -2.29. The van der Waals surface area contributed by atoms with E-state index in [0.717, 1.165) is 36.3 Å². The second kappa shape index (κ2) is 5.83. The van der Waals surface area contributed by atoms with E-state index in [1.165, 1.54) is 10.9 Å². The highest BCUT2D eigenvalue weighted by Crippen LogP contribution is 2.29. The van der Waals surface area contributed by atoms with E-state index in [0.29, 0.717) is 22.9 Å². The van der Waals surface area contributed by atoms with Crippen LogP contribution in [0, 0.1) is 0 Å². The molecule has 1 heterocycles. The monoisotopic (exact) mass is 322 g/mol. The summed E-state index contributed by atoms with van der Waals surface area (Å²) in [6, 6.07) is 8.84. The van der Waals surface area contributed by atoms with Gasteiger partial charge in [0.2, 0.25) is 0 Å². The molecule has 1 fully saturated rings. The van der Waals surface area contributed by atoms with E-state index < -0.39 is 6.10 Å². The van der Waals surface area contributed by atoms with Crippen LogP contribution in [0.25, 0.3) is 21.7 Å². The molecule has 0 unspecified atom stereocenters. The van der Waals surface area contributed by atoms with Crippen molar-refractivity contribution in [1.82, 2.24) is 9.55 Å². The van der Waals surface area contributed by atoms with Gasteiger partial charge in [0.1, 0.15) is 0 Å². The topological polar surface area (TPSA) is 72.2 Å². The number of rotatable bonds is 2. The fourth-order valence-corrected chi connectivity index (χ4v) is 3.75. The molecule has 1 aliphatic carbocycles. The summed E-state index contributed by atoms with van der Waals surface area (Å²) >= 11 is 0. The number of hydrogen-bond acceptors (Lipinski definition) is 4. The lowest BCUT2D eigenvalue weighted by atomic mass is 9.92. The maximum absolute atomic E-state index is 13.0. The van der Waals surface area contributed by atoms with E-state index in [9.17, 15) is 14.7 Å². The Hall–Kier alpha value is -2.53. The van der Waals surface area contributed by atoms with Crippen LogP contribution in [0.3, 0.4) is 0 Å². The smallest absolute Gasteiger partial charge is 0.261 e. The summed E-state index contributed by atoms with van der Waals surface area (Å²) in [6.45, 7) is 0. The van der Waals surface area contributed by atoms with Crippen LogP contribution in [0.5, 0.6) is 0 Å². The largest absolute Gasteiger partial charge is 0.391 e. The van der Waals surface area contributed by atoms with E-state index in [1.54, 1.807) is 6.07 Å². The first-order valence-electron chi connectivity index (χ1n) is 8.26. The van der Waals surface area contributed by atoms with Crippen molar-refractivity contribution in [3.05, 3.63) is 52.6 Å². The van der Waals surface area contributed by atoms with Crippen LogP contribution in [0.1, 0.15) is 42.1 Å². The Balaban J connectivity index is 2.01. The van der Waals surface area contributed by atoms with Gasteiger partial charge in [0.15, 0.2) is 6.29 Å². The first-order chi connectivity index (χ1) is 11.7. The first kappa shape index (κ1) is 15.0. The number of aromatic nitrogens is 2. The van der Waals surface area contributed by atoms with Gasteiger partial charge in [0.25, 0.3) is 5.56 Å². The number of aldehydes is 1. The molecule has 0 bridgehead atoms. The van der Waals surface area contributed by atoms with Crippen molar-refractivity contribution in [1.29, 1.82) is 0 Å². The van der Waals surface area contributed by atoms with Crippen LogP contribution in [0.15, 0.2) is 41.5 Å². The fourth-order valence-electron chi connectivity index (χ4n) is 3.75. The van der Waals surface area contributed by atoms with E-state index in [4.69, 9.17) is 0 Å². The minimum absolute atomic E-state index is 0.195. The molecule has 3 aromatic rings. The Bertz CT molecular complexity index is 993. The maximum Gasteiger partial charge on any atom is 0.261 e. The number of nitrogens with zero attached hydrogens (tertiary/aromatic N) is 2. The molecular weight excluding hydrogens is 304 g/mol. The maximum atomic E-state index is 13.0. The Morgan fingerprint density at radius 3 is 2.62 bits per heavy atom. The Morgan fingerprint density at radius 1 is 1.12 bits per heavy atom. The summed E-state index contributed by atoms with van der Waals surface area (Å²) in [6.07, 6.45) is 5.22. The van der Waals surface area contributed by atoms with E-state index >= 15 is 0 Å². The minimum Gasteiger partial charge on any atom is -0.391 e. The molecule has 5 nitrogen and oxygen atoms in total. The number of aliphatic hydroxyl groups excluding tert-OH is 1. The molecule has 4 rings (SSSR count). The van der Waals surface area contributed by atoms with E-state index in [1.807, 2.05) is 24.3 Å². The van der Waals surface area contributed by atoms with Gasteiger partial charge in [-0.2, -0.15) is 0 Å². The number of hydrogen-bond donors (Lipinski definition) is 1. The SMILES string of the molecule is O=Cc1cc2c(=O)n([C@H]3CCCC[C@@H]3O)cnc2c2ccccc12. The van der Waals surface area contributed by atoms with Crippen LogP contribution in [0.4, 0.5) is 0 Å². The van der Waals surface area contributed by atoms with Gasteiger partial charge < -0.3 is 5.11 Å². The van der Waals surface area contributed by atoms with Crippen molar-refractivity contribution in [2.75, 3.05) is 0 Å². The van der Waals surface area contributed by atoms with Gasteiger partial charge in [-0.15, -0.1) is 0 Å². The molecule has 1 aliphatic rings. The highest BCUT2D eigenvalue weighted by atomic mass is 16.3. The van der Waals surface area contributed by atoms with Crippen LogP contribution < -0.4 is 5.56 Å². The number of aliphatic hydroxyl groups is 1. The average molecular weight is 322 g/mol. The molecule has 2 atom stereocenters. The number of carbonyl (C=O) groups is 1. The zero-order valence-electron chi connectivity index (χ0n) is 13.2. The van der Waals surface area contributed by atoms with Gasteiger partial charge in [0.05, 0.1) is 29.4 Å². The molecule has 0 aliphatic heterocycles. The fraction of sp³-hybridized carbons (Fsp3) is 0.316. The highest BCUT2D eigenvalue weighted by molar-refractivity contribution is 6.11. The summed E-state index contributed by atoms with van der Waals surface area (Å²) in [4.78, 5) is 28.9. The molecule has 0 saturated heterocycles. The Labute approximate surface area is 138 Å². The molecule has 1 saturated carbocycles. The summed E-state index contributed by atoms with van der Waals surface area (Å²) in [7, 11) is 0. The van der Waals surface area contributed by atoms with Crippen molar-refractivity contribution < 1.29 is 9.90 Å². The third kappa shape index (κ3) is 2.24. The van der Waals surface area contributed by atoms with Crippen LogP contribution in [-0.4, -0.2) is 27.0 Å². The average Bonchev–Trinajstić information content (AvgIpc) is 2.62. The zero-order chi connectivity index (χ0) is 16.7. The highest BCUT2D eigenvalue weighted by Gasteiger charge is 2.26. The number of benzene rings is 2. The predicted octanol–water partition coefficient (Wildman–Crippen LogP) is 2.84. The molecule has 0 spiro atoms. The lowest BCUT2D eigenvalue weighted by Crippen LogP contribution is -2.34. The molecule has 0 amide bonds. The lowest BCUT2D eigenvalue weighted by molar-refractivity contribution is 0.0735. The van der Waals surface area contributed by atoms with Crippen molar-refractivity contribution in [3.8, 4) is 0 Å². The normalized spacial score (nSPS) is 21.2. The van der Waals surface area contributed by atoms with Crippen LogP contribution in [0.2, 0.25) is 0 Å². The van der Waals surface area contributed by atoms with E-state index in [-0.39, 0.29) is 11.6 Å². The quantitative estimate of drug-likeness (QED) is 0.582. The molecule has 24 heavy (non-hydrogen) atoms. The summed E-state index contributed by atoms with van der Waals surface area (Å²) < 4.78 is 1.54. The molecular formula is C19H18N2O3. The zero-order valence-corrected chi connectivity index (χ0v) is 13.2. The second-order valence-corrected chi connectivity index (χ2v) is 6.40. The Kier molecular flexibility index (Phi) is 3.65. The minimum atomic E-state index is -0.526. The van der Waals surface area contributed by atoms with Crippen LogP contribution in [-0.2, 0) is 0 Å². The predicted molar refractivity (Wildman–Crippen MR) is 92.4 cm³/mol. The summed E-state index contributed by atoms with van der Waals surface area (Å²) in [5.41, 5.74) is 0.890. The molecule has 1 aromatic heterocycles. The van der Waals surface area contributed by atoms with Crippen molar-refractivity contribution in [3.63, 3.8) is 0 Å². The number of fused-ring (bicyclic) bond motifs is 3. The Morgan fingerprint density at radius 2 is 1.88 bits per heavy atom. The third-order valence-electron chi connectivity index (χ3n) is 5.00. The molecule has 0 radical (unpaired) electrons. The van der Waals surface area contributed by atoms with Crippen molar-refractivity contribution in [2.45, 2.75) is 37.8 Å². The third-order valence-corrected chi connectivity index (χ3v) is 5.00. The standard InChI is InChI=1S/C19H18N2O3/c22-10-12-9-15-18(14-6-2-1-5-13(12)14)20-11-21(19(15)24)16-7-3-4-8-17(16)23/h1-2,5-6,9-11,16-17,23H,3-4,7-8H2/t16-,17-/m0/s1.